The summed E-state index contributed by atoms with van der Waals surface area (Å²) in [6, 6.07) is 10.1. The lowest BCUT2D eigenvalue weighted by Crippen LogP contribution is -2.12. The fraction of sp³-hybridized carbons (Fsp3) is 0.375. The van der Waals surface area contributed by atoms with Crippen molar-refractivity contribution in [1.29, 1.82) is 0 Å². The fourth-order valence-electron chi connectivity index (χ4n) is 2.51. The zero-order valence-corrected chi connectivity index (χ0v) is 12.2. The van der Waals surface area contributed by atoms with Gasteiger partial charge in [0.25, 0.3) is 0 Å². The summed E-state index contributed by atoms with van der Waals surface area (Å²) < 4.78 is 5.65. The molecule has 104 valence electrons. The van der Waals surface area contributed by atoms with Gasteiger partial charge in [-0.25, -0.2) is 9.97 Å². The van der Waals surface area contributed by atoms with Crippen LogP contribution < -0.4 is 0 Å². The first-order valence-electron chi connectivity index (χ1n) is 6.94. The lowest BCUT2D eigenvalue weighted by Gasteiger charge is -2.12. The third-order valence-electron chi connectivity index (χ3n) is 3.61. The third kappa shape index (κ3) is 2.84. The lowest BCUT2D eigenvalue weighted by atomic mass is 10.1. The number of rotatable bonds is 3. The maximum absolute atomic E-state index is 6.26. The molecule has 2 heterocycles. The highest BCUT2D eigenvalue weighted by Crippen LogP contribution is 2.26. The van der Waals surface area contributed by atoms with Gasteiger partial charge in [0.1, 0.15) is 11.0 Å². The summed E-state index contributed by atoms with van der Waals surface area (Å²) in [6.45, 7) is 2.80. The predicted molar refractivity (Wildman–Crippen MR) is 79.9 cm³/mol. The maximum atomic E-state index is 6.26. The summed E-state index contributed by atoms with van der Waals surface area (Å²) in [5.41, 5.74) is 2.91. The Bertz CT molecular complexity index is 595. The minimum atomic E-state index is 0.234. The molecule has 1 atom stereocenters. The van der Waals surface area contributed by atoms with Crippen LogP contribution in [-0.4, -0.2) is 22.7 Å². The minimum Gasteiger partial charge on any atom is -0.378 e. The van der Waals surface area contributed by atoms with Crippen molar-refractivity contribution in [2.45, 2.75) is 32.3 Å². The van der Waals surface area contributed by atoms with Gasteiger partial charge in [0, 0.05) is 24.2 Å². The molecule has 3 nitrogen and oxygen atoms in total. The molecular weight excluding hydrogens is 272 g/mol. The van der Waals surface area contributed by atoms with Crippen LogP contribution >= 0.6 is 11.6 Å². The molecule has 0 amide bonds. The van der Waals surface area contributed by atoms with Crippen molar-refractivity contribution in [3.05, 3.63) is 46.9 Å². The smallest absolute Gasteiger partial charge is 0.136 e. The van der Waals surface area contributed by atoms with Gasteiger partial charge in [0.05, 0.1) is 11.8 Å². The molecule has 20 heavy (non-hydrogen) atoms. The first-order chi connectivity index (χ1) is 9.74. The molecule has 0 spiro atoms. The topological polar surface area (TPSA) is 35.0 Å². The van der Waals surface area contributed by atoms with Crippen molar-refractivity contribution in [1.82, 2.24) is 9.97 Å². The van der Waals surface area contributed by atoms with E-state index in [-0.39, 0.29) is 6.10 Å². The Kier molecular flexibility index (Phi) is 3.99. The Balaban J connectivity index is 1.95. The number of nitrogens with zero attached hydrogens (tertiary/aromatic N) is 2. The van der Waals surface area contributed by atoms with Gasteiger partial charge in [0.15, 0.2) is 0 Å². The van der Waals surface area contributed by atoms with Crippen LogP contribution in [0.3, 0.4) is 0 Å². The summed E-state index contributed by atoms with van der Waals surface area (Å²) in [5.74, 6) is 0.770. The Morgan fingerprint density at radius 3 is 2.75 bits per heavy atom. The van der Waals surface area contributed by atoms with Crippen LogP contribution in [0.2, 0.25) is 5.15 Å². The van der Waals surface area contributed by atoms with E-state index in [2.05, 4.69) is 4.98 Å². The van der Waals surface area contributed by atoms with Gasteiger partial charge in [-0.2, -0.15) is 0 Å². The molecule has 1 aromatic heterocycles. The van der Waals surface area contributed by atoms with Crippen molar-refractivity contribution in [3.8, 4) is 11.3 Å². The van der Waals surface area contributed by atoms with Crippen molar-refractivity contribution in [3.63, 3.8) is 0 Å². The Morgan fingerprint density at radius 1 is 1.25 bits per heavy atom. The number of aromatic nitrogens is 2. The predicted octanol–water partition coefficient (Wildman–Crippen LogP) is 3.83. The van der Waals surface area contributed by atoms with E-state index in [0.717, 1.165) is 48.5 Å². The number of benzene rings is 1. The number of halogens is 1. The molecule has 1 aliphatic heterocycles. The largest absolute Gasteiger partial charge is 0.378 e. The molecule has 3 rings (SSSR count). The molecular formula is C16H17ClN2O. The monoisotopic (exact) mass is 288 g/mol. The van der Waals surface area contributed by atoms with Crippen LogP contribution in [0.15, 0.2) is 30.3 Å². The molecule has 0 N–H and O–H groups in total. The highest BCUT2D eigenvalue weighted by Gasteiger charge is 2.19. The van der Waals surface area contributed by atoms with Crippen LogP contribution in [0, 0.1) is 6.92 Å². The first-order valence-corrected chi connectivity index (χ1v) is 7.32. The standard InChI is InChI=1S/C16H17ClN2O/c1-11-15(12-6-3-2-4-7-12)18-14(19-16(11)17)10-13-8-5-9-20-13/h2-4,6-7,13H,5,8-10H2,1H3. The molecule has 0 radical (unpaired) electrons. The Labute approximate surface area is 124 Å². The summed E-state index contributed by atoms with van der Waals surface area (Å²) in [4.78, 5) is 9.09. The van der Waals surface area contributed by atoms with Crippen LogP contribution in [0.5, 0.6) is 0 Å². The van der Waals surface area contributed by atoms with Crippen LogP contribution in [0.1, 0.15) is 24.2 Å². The van der Waals surface area contributed by atoms with E-state index in [1.54, 1.807) is 0 Å². The second-order valence-electron chi connectivity index (χ2n) is 5.11. The minimum absolute atomic E-state index is 0.234. The van der Waals surface area contributed by atoms with Gasteiger partial charge in [-0.05, 0) is 19.8 Å². The zero-order chi connectivity index (χ0) is 13.9. The first kappa shape index (κ1) is 13.5. The molecule has 1 saturated heterocycles. The van der Waals surface area contributed by atoms with E-state index in [9.17, 15) is 0 Å². The summed E-state index contributed by atoms with van der Waals surface area (Å²) in [6.07, 6.45) is 3.17. The van der Waals surface area contributed by atoms with Gasteiger partial charge in [-0.1, -0.05) is 41.9 Å². The van der Waals surface area contributed by atoms with Crippen molar-refractivity contribution < 1.29 is 4.74 Å². The zero-order valence-electron chi connectivity index (χ0n) is 11.5. The van der Waals surface area contributed by atoms with Crippen molar-refractivity contribution in [2.75, 3.05) is 6.61 Å². The van der Waals surface area contributed by atoms with E-state index in [1.165, 1.54) is 0 Å². The quantitative estimate of drug-likeness (QED) is 0.805. The highest BCUT2D eigenvalue weighted by molar-refractivity contribution is 6.30. The Hall–Kier alpha value is -1.45. The average Bonchev–Trinajstić information content (AvgIpc) is 2.96. The van der Waals surface area contributed by atoms with Gasteiger partial charge in [-0.15, -0.1) is 0 Å². The molecule has 0 saturated carbocycles. The van der Waals surface area contributed by atoms with E-state index in [0.29, 0.717) is 5.15 Å². The SMILES string of the molecule is Cc1c(Cl)nc(CC2CCCO2)nc1-c1ccccc1. The molecule has 1 aliphatic rings. The molecule has 0 bridgehead atoms. The van der Waals surface area contributed by atoms with Gasteiger partial charge < -0.3 is 4.74 Å². The molecule has 4 heteroatoms. The third-order valence-corrected chi connectivity index (χ3v) is 3.98. The van der Waals surface area contributed by atoms with E-state index in [1.807, 2.05) is 37.3 Å². The molecule has 1 aromatic carbocycles. The summed E-state index contributed by atoms with van der Waals surface area (Å²) in [5, 5.41) is 0.534. The van der Waals surface area contributed by atoms with Crippen molar-refractivity contribution >= 4 is 11.6 Å². The fourth-order valence-corrected chi connectivity index (χ4v) is 2.70. The number of hydrogen-bond acceptors (Lipinski definition) is 3. The van der Waals surface area contributed by atoms with Crippen molar-refractivity contribution in [2.24, 2.45) is 0 Å². The molecule has 1 fully saturated rings. The maximum Gasteiger partial charge on any atom is 0.136 e. The van der Waals surface area contributed by atoms with Gasteiger partial charge in [-0.3, -0.25) is 0 Å². The number of ether oxygens (including phenoxy) is 1. The highest BCUT2D eigenvalue weighted by atomic mass is 35.5. The lowest BCUT2D eigenvalue weighted by molar-refractivity contribution is 0.110. The van der Waals surface area contributed by atoms with Crippen LogP contribution in [0.4, 0.5) is 0 Å². The average molecular weight is 289 g/mol. The van der Waals surface area contributed by atoms with E-state index in [4.69, 9.17) is 21.3 Å². The van der Waals surface area contributed by atoms with E-state index < -0.39 is 0 Å². The van der Waals surface area contributed by atoms with Gasteiger partial charge in [0.2, 0.25) is 0 Å². The molecule has 2 aromatic rings. The Morgan fingerprint density at radius 2 is 2.05 bits per heavy atom. The van der Waals surface area contributed by atoms with Crippen LogP contribution in [0.25, 0.3) is 11.3 Å². The van der Waals surface area contributed by atoms with E-state index >= 15 is 0 Å². The van der Waals surface area contributed by atoms with Gasteiger partial charge >= 0.3 is 0 Å². The second-order valence-corrected chi connectivity index (χ2v) is 5.47. The summed E-state index contributed by atoms with van der Waals surface area (Å²) >= 11 is 6.26. The molecule has 1 unspecified atom stereocenters. The second kappa shape index (κ2) is 5.90. The number of hydrogen-bond donors (Lipinski definition) is 0. The van der Waals surface area contributed by atoms with Crippen LogP contribution in [-0.2, 0) is 11.2 Å². The summed E-state index contributed by atoms with van der Waals surface area (Å²) in [7, 11) is 0. The normalized spacial score (nSPS) is 18.4. The molecule has 0 aliphatic carbocycles.